The maximum Gasteiger partial charge on any atom is 0.201 e. The second-order valence-electron chi connectivity index (χ2n) is 4.75. The molecule has 5 nitrogen and oxygen atoms in total. The molecule has 0 aliphatic heterocycles. The van der Waals surface area contributed by atoms with Crippen LogP contribution in [-0.2, 0) is 4.74 Å². The zero-order valence-corrected chi connectivity index (χ0v) is 10.4. The molecule has 1 fully saturated rings. The molecule has 0 unspecified atom stereocenters. The molecule has 1 heterocycles. The highest BCUT2D eigenvalue weighted by atomic mass is 16.5. The zero-order chi connectivity index (χ0) is 12.5. The highest BCUT2D eigenvalue weighted by Crippen LogP contribution is 2.27. The molecule has 0 radical (unpaired) electrons. The van der Waals surface area contributed by atoms with E-state index in [1.165, 1.54) is 0 Å². The molecule has 0 amide bonds. The highest BCUT2D eigenvalue weighted by Gasteiger charge is 2.29. The van der Waals surface area contributed by atoms with Gasteiger partial charge in [-0.05, 0) is 38.0 Å². The van der Waals surface area contributed by atoms with Crippen LogP contribution in [-0.4, -0.2) is 28.7 Å². The van der Waals surface area contributed by atoms with E-state index in [2.05, 4.69) is 15.3 Å². The van der Waals surface area contributed by atoms with E-state index in [-0.39, 0.29) is 0 Å². The van der Waals surface area contributed by atoms with Crippen LogP contribution in [0.4, 0.5) is 11.6 Å². The number of fused-ring (bicyclic) bond motifs is 1. The second-order valence-corrected chi connectivity index (χ2v) is 4.75. The number of imidazole rings is 1. The van der Waals surface area contributed by atoms with E-state index in [1.54, 1.807) is 0 Å². The largest absolute Gasteiger partial charge is 0.399 e. The Morgan fingerprint density at radius 3 is 3.11 bits per heavy atom. The number of nitrogens with zero attached hydrogens (tertiary/aromatic N) is 1. The number of benzene rings is 1. The Bertz CT molecular complexity index is 545. The van der Waals surface area contributed by atoms with Crippen LogP contribution in [0.25, 0.3) is 11.0 Å². The summed E-state index contributed by atoms with van der Waals surface area (Å²) in [5, 5.41) is 3.39. The minimum Gasteiger partial charge on any atom is -0.399 e. The SMILES string of the molecule is CCOC1CC(Nc2nc3ccc(N)cc3[nH]2)C1. The second kappa shape index (κ2) is 4.49. The van der Waals surface area contributed by atoms with E-state index in [9.17, 15) is 0 Å². The van der Waals surface area contributed by atoms with E-state index >= 15 is 0 Å². The Hall–Kier alpha value is -1.75. The van der Waals surface area contributed by atoms with Gasteiger partial charge in [-0.15, -0.1) is 0 Å². The molecule has 2 aromatic rings. The van der Waals surface area contributed by atoms with Crippen molar-refractivity contribution in [1.82, 2.24) is 9.97 Å². The van der Waals surface area contributed by atoms with Crippen molar-refractivity contribution in [2.75, 3.05) is 17.7 Å². The van der Waals surface area contributed by atoms with Gasteiger partial charge in [0.15, 0.2) is 0 Å². The lowest BCUT2D eigenvalue weighted by Crippen LogP contribution is -2.41. The average Bonchev–Trinajstić information content (AvgIpc) is 2.68. The topological polar surface area (TPSA) is 76.0 Å². The molecular weight excluding hydrogens is 228 g/mol. The molecule has 3 rings (SSSR count). The molecule has 0 atom stereocenters. The van der Waals surface area contributed by atoms with Gasteiger partial charge in [0.1, 0.15) is 0 Å². The number of rotatable bonds is 4. The van der Waals surface area contributed by atoms with Crippen molar-refractivity contribution in [2.24, 2.45) is 0 Å². The van der Waals surface area contributed by atoms with Gasteiger partial charge in [0.05, 0.1) is 17.1 Å². The molecule has 1 aliphatic rings. The first-order valence-corrected chi connectivity index (χ1v) is 6.38. The smallest absolute Gasteiger partial charge is 0.201 e. The third-order valence-electron chi connectivity index (χ3n) is 3.34. The summed E-state index contributed by atoms with van der Waals surface area (Å²) in [6.07, 6.45) is 2.51. The fourth-order valence-corrected chi connectivity index (χ4v) is 2.34. The summed E-state index contributed by atoms with van der Waals surface area (Å²) < 4.78 is 5.53. The summed E-state index contributed by atoms with van der Waals surface area (Å²) >= 11 is 0. The van der Waals surface area contributed by atoms with Gasteiger partial charge in [0, 0.05) is 18.3 Å². The standard InChI is InChI=1S/C13H18N4O/c1-2-18-10-6-9(7-10)15-13-16-11-4-3-8(14)5-12(11)17-13/h3-5,9-10H,2,6-7,14H2,1H3,(H2,15,16,17). The summed E-state index contributed by atoms with van der Waals surface area (Å²) in [6, 6.07) is 6.15. The Morgan fingerprint density at radius 1 is 1.50 bits per heavy atom. The van der Waals surface area contributed by atoms with Crippen molar-refractivity contribution in [3.8, 4) is 0 Å². The van der Waals surface area contributed by atoms with Crippen LogP contribution in [0.2, 0.25) is 0 Å². The number of hydrogen-bond acceptors (Lipinski definition) is 4. The molecule has 1 saturated carbocycles. The van der Waals surface area contributed by atoms with E-state index in [1.807, 2.05) is 25.1 Å². The number of ether oxygens (including phenoxy) is 1. The van der Waals surface area contributed by atoms with Crippen molar-refractivity contribution in [3.05, 3.63) is 18.2 Å². The van der Waals surface area contributed by atoms with E-state index in [4.69, 9.17) is 10.5 Å². The minimum absolute atomic E-state index is 0.410. The summed E-state index contributed by atoms with van der Waals surface area (Å²) in [5.74, 6) is 0.815. The van der Waals surface area contributed by atoms with Crippen molar-refractivity contribution in [3.63, 3.8) is 0 Å². The molecule has 0 spiro atoms. The lowest BCUT2D eigenvalue weighted by Gasteiger charge is -2.35. The molecule has 0 bridgehead atoms. The summed E-state index contributed by atoms with van der Waals surface area (Å²) in [5.41, 5.74) is 8.39. The highest BCUT2D eigenvalue weighted by molar-refractivity contribution is 5.80. The predicted molar refractivity (Wildman–Crippen MR) is 72.6 cm³/mol. The Morgan fingerprint density at radius 2 is 2.33 bits per heavy atom. The van der Waals surface area contributed by atoms with Crippen molar-refractivity contribution >= 4 is 22.7 Å². The Kier molecular flexibility index (Phi) is 2.83. The first-order valence-electron chi connectivity index (χ1n) is 6.38. The molecule has 96 valence electrons. The molecule has 5 heteroatoms. The van der Waals surface area contributed by atoms with Crippen LogP contribution in [0.1, 0.15) is 19.8 Å². The number of nitrogens with one attached hydrogen (secondary N) is 2. The normalized spacial score (nSPS) is 22.9. The van der Waals surface area contributed by atoms with Gasteiger partial charge in [0.25, 0.3) is 0 Å². The third kappa shape index (κ3) is 2.13. The Labute approximate surface area is 106 Å². The Balaban J connectivity index is 1.65. The van der Waals surface area contributed by atoms with Crippen LogP contribution >= 0.6 is 0 Å². The van der Waals surface area contributed by atoms with Gasteiger partial charge < -0.3 is 20.8 Å². The van der Waals surface area contributed by atoms with Crippen molar-refractivity contribution in [2.45, 2.75) is 31.9 Å². The lowest BCUT2D eigenvalue weighted by atomic mass is 9.89. The van der Waals surface area contributed by atoms with Gasteiger partial charge in [-0.2, -0.15) is 0 Å². The first-order chi connectivity index (χ1) is 8.74. The molecule has 4 N–H and O–H groups in total. The van der Waals surface area contributed by atoms with Crippen molar-refractivity contribution < 1.29 is 4.74 Å². The number of nitrogen functional groups attached to an aromatic ring is 1. The molecule has 1 aromatic carbocycles. The maximum atomic E-state index is 5.74. The minimum atomic E-state index is 0.410. The number of aromatic amines is 1. The number of nitrogens with two attached hydrogens (primary N) is 1. The molecular formula is C13H18N4O. The predicted octanol–water partition coefficient (Wildman–Crippen LogP) is 2.12. The van der Waals surface area contributed by atoms with Crippen LogP contribution in [0.15, 0.2) is 18.2 Å². The first kappa shape index (κ1) is 11.3. The van der Waals surface area contributed by atoms with Gasteiger partial charge in [0.2, 0.25) is 5.95 Å². The summed E-state index contributed by atoms with van der Waals surface area (Å²) in [6.45, 7) is 2.83. The van der Waals surface area contributed by atoms with E-state index < -0.39 is 0 Å². The molecule has 1 aliphatic carbocycles. The van der Waals surface area contributed by atoms with E-state index in [0.717, 1.165) is 42.1 Å². The van der Waals surface area contributed by atoms with Crippen LogP contribution in [0, 0.1) is 0 Å². The molecule has 1 aromatic heterocycles. The number of anilines is 2. The van der Waals surface area contributed by atoms with Crippen molar-refractivity contribution in [1.29, 1.82) is 0 Å². The third-order valence-corrected chi connectivity index (χ3v) is 3.34. The molecule has 0 saturated heterocycles. The van der Waals surface area contributed by atoms with Crippen LogP contribution < -0.4 is 11.1 Å². The van der Waals surface area contributed by atoms with Gasteiger partial charge >= 0.3 is 0 Å². The quantitative estimate of drug-likeness (QED) is 0.722. The summed E-state index contributed by atoms with van der Waals surface area (Å²) in [4.78, 5) is 7.72. The fourth-order valence-electron chi connectivity index (χ4n) is 2.34. The maximum absolute atomic E-state index is 5.74. The zero-order valence-electron chi connectivity index (χ0n) is 10.4. The molecule has 18 heavy (non-hydrogen) atoms. The number of hydrogen-bond donors (Lipinski definition) is 3. The number of H-pyrrole nitrogens is 1. The monoisotopic (exact) mass is 246 g/mol. The van der Waals surface area contributed by atoms with Crippen LogP contribution in [0.3, 0.4) is 0 Å². The van der Waals surface area contributed by atoms with Gasteiger partial charge in [-0.1, -0.05) is 0 Å². The summed E-state index contributed by atoms with van der Waals surface area (Å²) in [7, 11) is 0. The number of aromatic nitrogens is 2. The van der Waals surface area contributed by atoms with Gasteiger partial charge in [-0.3, -0.25) is 0 Å². The van der Waals surface area contributed by atoms with E-state index in [0.29, 0.717) is 12.1 Å². The van der Waals surface area contributed by atoms with Crippen LogP contribution in [0.5, 0.6) is 0 Å². The fraction of sp³-hybridized carbons (Fsp3) is 0.462. The lowest BCUT2D eigenvalue weighted by molar-refractivity contribution is 0.00287. The average molecular weight is 246 g/mol. The van der Waals surface area contributed by atoms with Gasteiger partial charge in [-0.25, -0.2) is 4.98 Å².